The molecule has 43 heavy (non-hydrogen) atoms. The van der Waals surface area contributed by atoms with Gasteiger partial charge in [0.25, 0.3) is 0 Å². The normalized spacial score (nSPS) is 16.7. The molecular weight excluding hydrogens is 562 g/mol. The van der Waals surface area contributed by atoms with Crippen LogP contribution in [0, 0.1) is 0 Å². The van der Waals surface area contributed by atoms with Crippen molar-refractivity contribution in [3.63, 3.8) is 0 Å². The fourth-order valence-electron chi connectivity index (χ4n) is 5.99. The maximum absolute atomic E-state index is 11.6. The second kappa shape index (κ2) is 13.6. The van der Waals surface area contributed by atoms with Gasteiger partial charge in [0.2, 0.25) is 0 Å². The van der Waals surface area contributed by atoms with Gasteiger partial charge < -0.3 is 24.4 Å². The molecule has 224 valence electrons. The zero-order valence-corrected chi connectivity index (χ0v) is 25.7. The topological polar surface area (TPSA) is 71.4 Å². The Morgan fingerprint density at radius 2 is 1.74 bits per heavy atom. The molecule has 6 nitrogen and oxygen atoms in total. The molecule has 4 aromatic carbocycles. The highest BCUT2D eigenvalue weighted by Gasteiger charge is 2.37. The third-order valence-corrected chi connectivity index (χ3v) is 8.22. The van der Waals surface area contributed by atoms with Gasteiger partial charge in [-0.1, -0.05) is 73.1 Å². The molecule has 3 atom stereocenters. The van der Waals surface area contributed by atoms with Crippen LogP contribution in [0.2, 0.25) is 5.02 Å². The van der Waals surface area contributed by atoms with Gasteiger partial charge in [0.15, 0.2) is 23.0 Å². The lowest BCUT2D eigenvalue weighted by Crippen LogP contribution is -2.32. The van der Waals surface area contributed by atoms with Crippen LogP contribution in [0.15, 0.2) is 84.9 Å². The summed E-state index contributed by atoms with van der Waals surface area (Å²) in [5, 5.41) is 22.4. The Morgan fingerprint density at radius 1 is 0.977 bits per heavy atom. The lowest BCUT2D eigenvalue weighted by molar-refractivity contribution is 0.158. The summed E-state index contributed by atoms with van der Waals surface area (Å²) in [5.74, 6) is 1.78. The quantitative estimate of drug-likeness (QED) is 0.182. The molecule has 2 N–H and O–H groups in total. The van der Waals surface area contributed by atoms with E-state index in [-0.39, 0.29) is 24.4 Å². The smallest absolute Gasteiger partial charge is 0.165 e. The average Bonchev–Trinajstić information content (AvgIpc) is 3.34. The van der Waals surface area contributed by atoms with Crippen molar-refractivity contribution in [3.8, 4) is 23.0 Å². The Morgan fingerprint density at radius 3 is 2.42 bits per heavy atom. The predicted molar refractivity (Wildman–Crippen MR) is 171 cm³/mol. The Hall–Kier alpha value is -3.97. The van der Waals surface area contributed by atoms with Gasteiger partial charge >= 0.3 is 0 Å². The summed E-state index contributed by atoms with van der Waals surface area (Å²) in [7, 11) is 3.20. The van der Waals surface area contributed by atoms with Gasteiger partial charge in [-0.3, -0.25) is 4.90 Å². The lowest BCUT2D eigenvalue weighted by Gasteiger charge is -2.33. The Bertz CT molecular complexity index is 1590. The van der Waals surface area contributed by atoms with Crippen molar-refractivity contribution in [2.45, 2.75) is 38.5 Å². The number of benzene rings is 4. The first-order chi connectivity index (χ1) is 20.9. The van der Waals surface area contributed by atoms with Gasteiger partial charge in [0.05, 0.1) is 26.9 Å². The molecular formula is C36H38ClNO5. The van der Waals surface area contributed by atoms with E-state index >= 15 is 0 Å². The van der Waals surface area contributed by atoms with Gasteiger partial charge in [-0.15, -0.1) is 0 Å². The SMILES string of the molecule is C/C=C/c1cc(OC)c2c(c1)[C@@H](C)[C@H](c1cc(OC)c(O)c(C(c3cccc(Cl)c3)N(CCO)Cc3ccccc3)c1)O2. The van der Waals surface area contributed by atoms with E-state index in [4.69, 9.17) is 25.8 Å². The average molecular weight is 600 g/mol. The highest BCUT2D eigenvalue weighted by atomic mass is 35.5. The third kappa shape index (κ3) is 6.37. The molecule has 0 amide bonds. The largest absolute Gasteiger partial charge is 0.504 e. The van der Waals surface area contributed by atoms with Crippen LogP contribution in [0.3, 0.4) is 0 Å². The zero-order chi connectivity index (χ0) is 30.5. The molecule has 1 heterocycles. The van der Waals surface area contributed by atoms with E-state index < -0.39 is 6.04 Å². The zero-order valence-electron chi connectivity index (χ0n) is 25.0. The van der Waals surface area contributed by atoms with E-state index in [0.717, 1.165) is 33.6 Å². The number of phenolic OH excluding ortho intramolecular Hbond substituents is 1. The van der Waals surface area contributed by atoms with Crippen molar-refractivity contribution in [1.29, 1.82) is 0 Å². The van der Waals surface area contributed by atoms with Crippen molar-refractivity contribution in [1.82, 2.24) is 4.90 Å². The number of rotatable bonds is 11. The van der Waals surface area contributed by atoms with Crippen molar-refractivity contribution < 1.29 is 24.4 Å². The van der Waals surface area contributed by atoms with E-state index in [1.807, 2.05) is 79.7 Å². The molecule has 1 aliphatic heterocycles. The van der Waals surface area contributed by atoms with Gasteiger partial charge in [0, 0.05) is 35.2 Å². The number of phenols is 1. The second-order valence-corrected chi connectivity index (χ2v) is 11.2. The van der Waals surface area contributed by atoms with Gasteiger partial charge in [0.1, 0.15) is 6.10 Å². The Balaban J connectivity index is 1.65. The first-order valence-corrected chi connectivity index (χ1v) is 14.8. The molecule has 7 heteroatoms. The number of methoxy groups -OCH3 is 2. The molecule has 0 fully saturated rings. The number of aliphatic hydroxyl groups excluding tert-OH is 1. The van der Waals surface area contributed by atoms with Crippen LogP contribution in [-0.2, 0) is 6.54 Å². The number of aliphatic hydroxyl groups is 1. The summed E-state index contributed by atoms with van der Waals surface area (Å²) in [5.41, 5.74) is 5.56. The Labute approximate surface area is 258 Å². The molecule has 5 rings (SSSR count). The van der Waals surface area contributed by atoms with Crippen LogP contribution in [0.5, 0.6) is 23.0 Å². The van der Waals surface area contributed by atoms with E-state index in [1.165, 1.54) is 0 Å². The first-order valence-electron chi connectivity index (χ1n) is 14.4. The van der Waals surface area contributed by atoms with Crippen molar-refractivity contribution in [2.75, 3.05) is 27.4 Å². The number of ether oxygens (including phenoxy) is 3. The van der Waals surface area contributed by atoms with Crippen molar-refractivity contribution in [3.05, 3.63) is 123 Å². The molecule has 1 unspecified atom stereocenters. The minimum absolute atomic E-state index is 0.00121. The minimum Gasteiger partial charge on any atom is -0.504 e. The molecule has 0 saturated carbocycles. The lowest BCUT2D eigenvalue weighted by atomic mass is 9.88. The van der Waals surface area contributed by atoms with Gasteiger partial charge in [-0.05, 0) is 65.6 Å². The third-order valence-electron chi connectivity index (χ3n) is 7.99. The maximum Gasteiger partial charge on any atom is 0.165 e. The summed E-state index contributed by atoms with van der Waals surface area (Å²) in [4.78, 5) is 2.14. The van der Waals surface area contributed by atoms with E-state index in [0.29, 0.717) is 35.2 Å². The van der Waals surface area contributed by atoms with Crippen LogP contribution >= 0.6 is 11.6 Å². The monoisotopic (exact) mass is 599 g/mol. The van der Waals surface area contributed by atoms with E-state index in [9.17, 15) is 10.2 Å². The molecule has 0 aliphatic carbocycles. The number of nitrogens with zero attached hydrogens (tertiary/aromatic N) is 1. The van der Waals surface area contributed by atoms with Crippen LogP contribution in [0.25, 0.3) is 6.08 Å². The standard InChI is InChI=1S/C36H38ClNO5/c1-5-10-25-17-29-23(2)35(43-36(29)32(18-25)42-4)27-20-30(34(40)31(21-27)41-3)33(26-13-9-14-28(37)19-26)38(15-16-39)22-24-11-7-6-8-12-24/h5-14,17-21,23,33,35,39-40H,15-16,22H2,1-4H3/b10-5+/t23-,33?,35-/m1/s1. The molecule has 0 aromatic heterocycles. The van der Waals surface area contributed by atoms with Gasteiger partial charge in [-0.2, -0.15) is 0 Å². The minimum atomic E-state index is -0.449. The molecule has 4 aromatic rings. The van der Waals surface area contributed by atoms with Crippen molar-refractivity contribution in [2.24, 2.45) is 0 Å². The summed E-state index contributed by atoms with van der Waals surface area (Å²) in [6, 6.07) is 25.2. The van der Waals surface area contributed by atoms with E-state index in [2.05, 4.69) is 30.0 Å². The van der Waals surface area contributed by atoms with E-state index in [1.54, 1.807) is 14.2 Å². The molecule has 0 spiro atoms. The summed E-state index contributed by atoms with van der Waals surface area (Å²) in [6.07, 6.45) is 3.70. The van der Waals surface area contributed by atoms with Crippen molar-refractivity contribution >= 4 is 17.7 Å². The van der Waals surface area contributed by atoms with Crippen LogP contribution in [-0.4, -0.2) is 42.5 Å². The predicted octanol–water partition coefficient (Wildman–Crippen LogP) is 7.92. The molecule has 0 radical (unpaired) electrons. The fourth-order valence-corrected chi connectivity index (χ4v) is 6.19. The molecule has 0 saturated heterocycles. The first kappa shape index (κ1) is 30.5. The number of halogens is 1. The summed E-state index contributed by atoms with van der Waals surface area (Å²) < 4.78 is 18.1. The number of hydrogen-bond acceptors (Lipinski definition) is 6. The Kier molecular flexibility index (Phi) is 9.61. The summed E-state index contributed by atoms with van der Waals surface area (Å²) in [6.45, 7) is 4.97. The van der Waals surface area contributed by atoms with Crippen LogP contribution in [0.4, 0.5) is 0 Å². The highest BCUT2D eigenvalue weighted by Crippen LogP contribution is 2.52. The molecule has 1 aliphatic rings. The number of hydrogen-bond donors (Lipinski definition) is 2. The summed E-state index contributed by atoms with van der Waals surface area (Å²) >= 11 is 6.49. The molecule has 0 bridgehead atoms. The van der Waals surface area contributed by atoms with Gasteiger partial charge in [-0.25, -0.2) is 0 Å². The van der Waals surface area contributed by atoms with Crippen LogP contribution in [0.1, 0.15) is 65.3 Å². The second-order valence-electron chi connectivity index (χ2n) is 10.8. The van der Waals surface area contributed by atoms with Crippen LogP contribution < -0.4 is 14.2 Å². The number of allylic oxidation sites excluding steroid dienone is 1. The fraction of sp³-hybridized carbons (Fsp3) is 0.278. The number of aromatic hydroxyl groups is 1. The highest BCUT2D eigenvalue weighted by molar-refractivity contribution is 6.30. The number of fused-ring (bicyclic) bond motifs is 1. The maximum atomic E-state index is 11.6.